The third kappa shape index (κ3) is 4.33. The molecule has 0 spiro atoms. The largest absolute Gasteiger partial charge is 0.309 e. The van der Waals surface area contributed by atoms with Gasteiger partial charge in [0.05, 0.1) is 22.1 Å². The zero-order chi connectivity index (χ0) is 34.2. The van der Waals surface area contributed by atoms with Crippen LogP contribution in [0.15, 0.2) is 176 Å². The van der Waals surface area contributed by atoms with Crippen molar-refractivity contribution in [1.29, 1.82) is 0 Å². The fourth-order valence-corrected chi connectivity index (χ4v) is 7.95. The Morgan fingerprint density at radius 1 is 0.327 bits per heavy atom. The molecule has 0 radical (unpaired) electrons. The molecule has 11 aromatic rings. The summed E-state index contributed by atoms with van der Waals surface area (Å²) in [6.07, 6.45) is 0. The monoisotopic (exact) mass is 663 g/mol. The molecule has 0 aliphatic carbocycles. The van der Waals surface area contributed by atoms with E-state index < -0.39 is 0 Å². The lowest BCUT2D eigenvalue weighted by Gasteiger charge is -2.12. The maximum absolute atomic E-state index is 5.12. The molecule has 8 aromatic carbocycles. The highest BCUT2D eigenvalue weighted by Gasteiger charge is 2.19. The molecule has 3 heterocycles. The lowest BCUT2D eigenvalue weighted by Crippen LogP contribution is -2.06. The topological polar surface area (TPSA) is 48.5 Å². The second kappa shape index (κ2) is 11.2. The van der Waals surface area contributed by atoms with Crippen LogP contribution in [0.4, 0.5) is 0 Å². The Labute approximate surface area is 298 Å². The second-order valence-corrected chi connectivity index (χ2v) is 13.3. The first-order chi connectivity index (χ1) is 25.8. The maximum Gasteiger partial charge on any atom is 0.238 e. The highest BCUT2D eigenvalue weighted by atomic mass is 15.2. The Bertz CT molecular complexity index is 3120. The van der Waals surface area contributed by atoms with Crippen molar-refractivity contribution in [2.45, 2.75) is 0 Å². The molecule has 52 heavy (non-hydrogen) atoms. The summed E-state index contributed by atoms with van der Waals surface area (Å²) < 4.78 is 4.62. The summed E-state index contributed by atoms with van der Waals surface area (Å²) in [5.41, 5.74) is 7.55. The quantitative estimate of drug-likeness (QED) is 0.188. The molecule has 0 N–H and O–H groups in total. The second-order valence-electron chi connectivity index (χ2n) is 13.3. The van der Waals surface area contributed by atoms with E-state index in [-0.39, 0.29) is 0 Å². The Hall–Kier alpha value is -7.11. The van der Waals surface area contributed by atoms with Gasteiger partial charge in [0.25, 0.3) is 0 Å². The van der Waals surface area contributed by atoms with E-state index in [4.69, 9.17) is 15.0 Å². The lowest BCUT2D eigenvalue weighted by atomic mass is 10.0. The zero-order valence-electron chi connectivity index (χ0n) is 28.0. The number of rotatable bonds is 4. The highest BCUT2D eigenvalue weighted by molar-refractivity contribution is 6.19. The van der Waals surface area contributed by atoms with Crippen LogP contribution in [0.3, 0.4) is 0 Å². The van der Waals surface area contributed by atoms with Crippen LogP contribution in [0.25, 0.3) is 99.6 Å². The van der Waals surface area contributed by atoms with Crippen LogP contribution in [-0.2, 0) is 0 Å². The molecule has 0 unspecified atom stereocenters. The number of hydrogen-bond acceptors (Lipinski definition) is 3. The molecule has 3 aromatic heterocycles. The molecule has 0 saturated carbocycles. The SMILES string of the molecule is c1ccc(-c2nc(-c3ccccc3)nc(-n3c4ccccc4c4cc5cc(-n6c7ccccc7c7ccc8ccccc8c76)ccc5cc43)n2)cc1. The average molecular weight is 664 g/mol. The highest BCUT2D eigenvalue weighted by Crippen LogP contribution is 2.39. The van der Waals surface area contributed by atoms with E-state index >= 15 is 0 Å². The van der Waals surface area contributed by atoms with Gasteiger partial charge in [-0.05, 0) is 52.6 Å². The number of hydrogen-bond donors (Lipinski definition) is 0. The van der Waals surface area contributed by atoms with Gasteiger partial charge < -0.3 is 4.57 Å². The standard InChI is InChI=1S/C47H29N5/c1-3-14-31(15-4-1)45-48-46(32-16-5-2-6-17-32)50-47(49-45)52-42-22-12-10-20-38(42)40-28-34-27-35(25-23-33(34)29-43(40)52)51-41-21-11-9-19-37(41)39-26-24-30-13-7-8-18-36(30)44(39)51/h1-29H. The Balaban J connectivity index is 1.17. The van der Waals surface area contributed by atoms with Crippen molar-refractivity contribution < 1.29 is 0 Å². The first-order valence-electron chi connectivity index (χ1n) is 17.5. The number of nitrogens with zero attached hydrogens (tertiary/aromatic N) is 5. The van der Waals surface area contributed by atoms with Gasteiger partial charge in [-0.25, -0.2) is 4.98 Å². The number of fused-ring (bicyclic) bond motifs is 9. The molecule has 0 bridgehead atoms. The normalized spacial score (nSPS) is 11.8. The van der Waals surface area contributed by atoms with Gasteiger partial charge in [0.1, 0.15) is 0 Å². The van der Waals surface area contributed by atoms with E-state index in [0.717, 1.165) is 44.0 Å². The van der Waals surface area contributed by atoms with Crippen LogP contribution in [0, 0.1) is 0 Å². The molecule has 0 aliphatic rings. The van der Waals surface area contributed by atoms with Gasteiger partial charge in [0, 0.05) is 43.7 Å². The van der Waals surface area contributed by atoms with Gasteiger partial charge in [-0.3, -0.25) is 4.57 Å². The minimum atomic E-state index is 0.590. The molecule has 11 rings (SSSR count). The zero-order valence-corrected chi connectivity index (χ0v) is 28.0. The van der Waals surface area contributed by atoms with Crippen LogP contribution in [0.2, 0.25) is 0 Å². The summed E-state index contributed by atoms with van der Waals surface area (Å²) in [6, 6.07) is 62.2. The number of para-hydroxylation sites is 2. The van der Waals surface area contributed by atoms with Crippen molar-refractivity contribution >= 4 is 65.2 Å². The predicted octanol–water partition coefficient (Wildman–Crippen LogP) is 11.7. The summed E-state index contributed by atoms with van der Waals surface area (Å²) in [4.78, 5) is 15.2. The fraction of sp³-hybridized carbons (Fsp3) is 0. The smallest absolute Gasteiger partial charge is 0.238 e. The average Bonchev–Trinajstić information content (AvgIpc) is 3.73. The number of benzene rings is 8. The van der Waals surface area contributed by atoms with E-state index in [0.29, 0.717) is 17.6 Å². The van der Waals surface area contributed by atoms with Crippen LogP contribution in [-0.4, -0.2) is 24.1 Å². The van der Waals surface area contributed by atoms with Gasteiger partial charge in [-0.2, -0.15) is 9.97 Å². The van der Waals surface area contributed by atoms with Gasteiger partial charge in [0.2, 0.25) is 5.95 Å². The van der Waals surface area contributed by atoms with Gasteiger partial charge >= 0.3 is 0 Å². The summed E-state index contributed by atoms with van der Waals surface area (Å²) in [7, 11) is 0. The minimum absolute atomic E-state index is 0.590. The van der Waals surface area contributed by atoms with E-state index in [1.807, 2.05) is 60.7 Å². The lowest BCUT2D eigenvalue weighted by molar-refractivity contribution is 0.954. The molecule has 0 amide bonds. The van der Waals surface area contributed by atoms with Crippen molar-refractivity contribution in [3.05, 3.63) is 176 Å². The molecule has 5 nitrogen and oxygen atoms in total. The van der Waals surface area contributed by atoms with Crippen molar-refractivity contribution in [1.82, 2.24) is 24.1 Å². The van der Waals surface area contributed by atoms with Gasteiger partial charge in [-0.1, -0.05) is 140 Å². The summed E-state index contributed by atoms with van der Waals surface area (Å²) >= 11 is 0. The van der Waals surface area contributed by atoms with Crippen molar-refractivity contribution in [2.24, 2.45) is 0 Å². The summed E-state index contributed by atoms with van der Waals surface area (Å²) in [6.45, 7) is 0. The van der Waals surface area contributed by atoms with E-state index in [2.05, 4.69) is 124 Å². The third-order valence-electron chi connectivity index (χ3n) is 10.3. The molecule has 242 valence electrons. The Morgan fingerprint density at radius 2 is 0.904 bits per heavy atom. The van der Waals surface area contributed by atoms with Crippen LogP contribution in [0.1, 0.15) is 0 Å². The Morgan fingerprint density at radius 3 is 1.62 bits per heavy atom. The maximum atomic E-state index is 5.12. The van der Waals surface area contributed by atoms with Crippen molar-refractivity contribution in [2.75, 3.05) is 0 Å². The molecular formula is C47H29N5. The van der Waals surface area contributed by atoms with E-state index in [1.54, 1.807) is 0 Å². The summed E-state index contributed by atoms with van der Waals surface area (Å²) in [5.74, 6) is 1.87. The van der Waals surface area contributed by atoms with E-state index in [1.165, 1.54) is 38.0 Å². The molecule has 0 saturated heterocycles. The molecule has 0 fully saturated rings. The first kappa shape index (κ1) is 28.7. The van der Waals surface area contributed by atoms with Crippen LogP contribution < -0.4 is 0 Å². The fourth-order valence-electron chi connectivity index (χ4n) is 7.95. The number of aromatic nitrogens is 5. The van der Waals surface area contributed by atoms with E-state index in [9.17, 15) is 0 Å². The van der Waals surface area contributed by atoms with Crippen molar-refractivity contribution in [3.63, 3.8) is 0 Å². The van der Waals surface area contributed by atoms with Crippen LogP contribution >= 0.6 is 0 Å². The minimum Gasteiger partial charge on any atom is -0.309 e. The molecule has 0 aliphatic heterocycles. The third-order valence-corrected chi connectivity index (χ3v) is 10.3. The van der Waals surface area contributed by atoms with Gasteiger partial charge in [-0.15, -0.1) is 0 Å². The molecular weight excluding hydrogens is 635 g/mol. The first-order valence-corrected chi connectivity index (χ1v) is 17.5. The van der Waals surface area contributed by atoms with Crippen LogP contribution in [0.5, 0.6) is 0 Å². The van der Waals surface area contributed by atoms with Gasteiger partial charge in [0.15, 0.2) is 11.6 Å². The predicted molar refractivity (Wildman–Crippen MR) is 214 cm³/mol. The summed E-state index contributed by atoms with van der Waals surface area (Å²) in [5, 5.41) is 9.61. The molecule has 0 atom stereocenters. The Kier molecular flexibility index (Phi) is 6.18. The van der Waals surface area contributed by atoms with Crippen molar-refractivity contribution in [3.8, 4) is 34.4 Å². The molecule has 5 heteroatoms.